The van der Waals surface area contributed by atoms with Crippen molar-refractivity contribution in [3.05, 3.63) is 28.1 Å². The maximum atomic E-state index is 13.8. The van der Waals surface area contributed by atoms with Crippen molar-refractivity contribution in [1.82, 2.24) is 19.7 Å². The minimum atomic E-state index is -4.49. The molecule has 0 aliphatic carbocycles. The molecule has 3 aliphatic heterocycles. The molecule has 5 heterocycles. The van der Waals surface area contributed by atoms with Crippen LogP contribution < -0.4 is 15.4 Å². The number of fused-ring (bicyclic) bond motifs is 3. The second kappa shape index (κ2) is 6.96. The smallest absolute Gasteiger partial charge is 0.371 e. The molecule has 2 aromatic heterocycles. The van der Waals surface area contributed by atoms with E-state index < -0.39 is 12.2 Å². The molecule has 9 nitrogen and oxygen atoms in total. The van der Waals surface area contributed by atoms with Crippen LogP contribution in [0, 0.1) is 6.92 Å². The number of ether oxygens (including phenoxy) is 1. The highest BCUT2D eigenvalue weighted by atomic mass is 19.4. The number of rotatable bonds is 3. The van der Waals surface area contributed by atoms with E-state index in [4.69, 9.17) is 9.26 Å². The molecule has 0 saturated carbocycles. The topological polar surface area (TPSA) is 89.5 Å². The number of hydrogen-bond donors (Lipinski definition) is 0. The van der Waals surface area contributed by atoms with E-state index >= 15 is 0 Å². The van der Waals surface area contributed by atoms with E-state index in [1.54, 1.807) is 6.92 Å². The van der Waals surface area contributed by atoms with Gasteiger partial charge in [0.05, 0.1) is 18.8 Å². The monoisotopic (exact) mass is 426 g/mol. The summed E-state index contributed by atoms with van der Waals surface area (Å²) in [5, 5.41) is 3.72. The van der Waals surface area contributed by atoms with Gasteiger partial charge in [-0.3, -0.25) is 9.36 Å². The standard InChI is InChI=1S/C18H21F3N6O3/c1-10-22-14(24-30-10)9-27-13(18(19,20)21)4-5-26-16(28)6-15(23-17(26)27)25-7-11-2-3-12(8-25)29-11/h6,11-13H,2-5,7-9H2,1H3/t11-,12?,13?/m0/s1. The first-order valence-electron chi connectivity index (χ1n) is 9.93. The molecule has 2 fully saturated rings. The Morgan fingerprint density at radius 1 is 1.17 bits per heavy atom. The molecule has 3 aliphatic rings. The van der Waals surface area contributed by atoms with Crippen molar-refractivity contribution in [3.63, 3.8) is 0 Å². The van der Waals surface area contributed by atoms with Gasteiger partial charge in [-0.1, -0.05) is 5.16 Å². The Labute approximate surface area is 169 Å². The van der Waals surface area contributed by atoms with E-state index in [-0.39, 0.29) is 54.9 Å². The molecule has 162 valence electrons. The Kier molecular flexibility index (Phi) is 4.49. The number of morpholine rings is 1. The van der Waals surface area contributed by atoms with Crippen LogP contribution in [-0.4, -0.2) is 57.2 Å². The van der Waals surface area contributed by atoms with Gasteiger partial charge in [0, 0.05) is 32.6 Å². The zero-order valence-electron chi connectivity index (χ0n) is 16.3. The van der Waals surface area contributed by atoms with Gasteiger partial charge in [0.15, 0.2) is 5.82 Å². The Hall–Kier alpha value is -2.63. The summed E-state index contributed by atoms with van der Waals surface area (Å²) in [4.78, 5) is 24.3. The van der Waals surface area contributed by atoms with Crippen molar-refractivity contribution in [2.24, 2.45) is 0 Å². The molecule has 0 aromatic carbocycles. The Balaban J connectivity index is 1.55. The van der Waals surface area contributed by atoms with Gasteiger partial charge in [-0.15, -0.1) is 0 Å². The summed E-state index contributed by atoms with van der Waals surface area (Å²) in [7, 11) is 0. The van der Waals surface area contributed by atoms with E-state index in [9.17, 15) is 18.0 Å². The first-order valence-corrected chi connectivity index (χ1v) is 9.93. The van der Waals surface area contributed by atoms with Gasteiger partial charge in [-0.05, 0) is 19.3 Å². The largest absolute Gasteiger partial charge is 0.408 e. The van der Waals surface area contributed by atoms with Crippen molar-refractivity contribution in [2.75, 3.05) is 22.9 Å². The molecule has 2 saturated heterocycles. The van der Waals surface area contributed by atoms with Crippen molar-refractivity contribution in [1.29, 1.82) is 0 Å². The molecule has 0 amide bonds. The van der Waals surface area contributed by atoms with Gasteiger partial charge in [0.1, 0.15) is 11.9 Å². The minimum absolute atomic E-state index is 0.0210. The predicted octanol–water partition coefficient (Wildman–Crippen LogP) is 1.64. The Bertz CT molecular complexity index is 994. The van der Waals surface area contributed by atoms with Crippen LogP contribution in [0.3, 0.4) is 0 Å². The average Bonchev–Trinajstić information content (AvgIpc) is 3.25. The lowest BCUT2D eigenvalue weighted by Crippen LogP contribution is -2.52. The first-order chi connectivity index (χ1) is 14.3. The van der Waals surface area contributed by atoms with Crippen LogP contribution in [0.5, 0.6) is 0 Å². The predicted molar refractivity (Wildman–Crippen MR) is 98.3 cm³/mol. The average molecular weight is 426 g/mol. The highest BCUT2D eigenvalue weighted by Gasteiger charge is 2.47. The van der Waals surface area contributed by atoms with Crippen LogP contribution >= 0.6 is 0 Å². The third-order valence-electron chi connectivity index (χ3n) is 5.86. The lowest BCUT2D eigenvalue weighted by Gasteiger charge is -2.39. The molecule has 12 heteroatoms. The van der Waals surface area contributed by atoms with Crippen molar-refractivity contribution < 1.29 is 22.4 Å². The summed E-state index contributed by atoms with van der Waals surface area (Å²) in [6.07, 6.45) is -2.75. The van der Waals surface area contributed by atoms with Crippen LogP contribution in [0.1, 0.15) is 31.0 Å². The van der Waals surface area contributed by atoms with Gasteiger partial charge in [-0.25, -0.2) is 0 Å². The molecule has 3 atom stereocenters. The van der Waals surface area contributed by atoms with Crippen molar-refractivity contribution in [2.45, 2.75) is 63.7 Å². The molecule has 5 rings (SSSR count). The number of halogens is 3. The zero-order valence-corrected chi connectivity index (χ0v) is 16.3. The zero-order chi connectivity index (χ0) is 21.0. The SMILES string of the molecule is Cc1nc(CN2c3nc(N4CC5CC[C@@H](C4)O5)cc(=O)n3CCC2C(F)(F)F)no1. The number of nitrogens with zero attached hydrogens (tertiary/aromatic N) is 6. The van der Waals surface area contributed by atoms with Crippen LogP contribution in [0.2, 0.25) is 0 Å². The second-order valence-corrected chi connectivity index (χ2v) is 7.97. The molecule has 2 aromatic rings. The van der Waals surface area contributed by atoms with E-state index in [2.05, 4.69) is 15.1 Å². The number of aromatic nitrogens is 4. The van der Waals surface area contributed by atoms with Gasteiger partial charge in [0.2, 0.25) is 11.8 Å². The van der Waals surface area contributed by atoms with Crippen LogP contribution in [-0.2, 0) is 17.8 Å². The number of anilines is 2. The molecule has 0 spiro atoms. The van der Waals surface area contributed by atoms with Crippen LogP contribution in [0.25, 0.3) is 0 Å². The summed E-state index contributed by atoms with van der Waals surface area (Å²) < 4.78 is 53.4. The van der Waals surface area contributed by atoms with Gasteiger partial charge in [0.25, 0.3) is 5.56 Å². The van der Waals surface area contributed by atoms with Crippen molar-refractivity contribution in [3.8, 4) is 0 Å². The molecule has 2 unspecified atom stereocenters. The van der Waals surface area contributed by atoms with E-state index in [1.807, 2.05) is 4.90 Å². The molecule has 0 radical (unpaired) electrons. The molecular weight excluding hydrogens is 405 g/mol. The second-order valence-electron chi connectivity index (χ2n) is 7.97. The van der Waals surface area contributed by atoms with E-state index in [0.717, 1.165) is 17.7 Å². The van der Waals surface area contributed by atoms with Gasteiger partial charge >= 0.3 is 6.18 Å². The molecular formula is C18H21F3N6O3. The Morgan fingerprint density at radius 3 is 2.53 bits per heavy atom. The van der Waals surface area contributed by atoms with Gasteiger partial charge < -0.3 is 19.1 Å². The maximum absolute atomic E-state index is 13.8. The summed E-state index contributed by atoms with van der Waals surface area (Å²) in [6.45, 7) is 2.39. The van der Waals surface area contributed by atoms with Crippen LogP contribution in [0.4, 0.5) is 24.9 Å². The summed E-state index contributed by atoms with van der Waals surface area (Å²) in [5.41, 5.74) is -0.372. The third-order valence-corrected chi connectivity index (χ3v) is 5.86. The minimum Gasteiger partial charge on any atom is -0.371 e. The summed E-state index contributed by atoms with van der Waals surface area (Å²) >= 11 is 0. The summed E-state index contributed by atoms with van der Waals surface area (Å²) in [5.74, 6) is 0.726. The number of hydrogen-bond acceptors (Lipinski definition) is 8. The highest BCUT2D eigenvalue weighted by molar-refractivity contribution is 5.47. The highest BCUT2D eigenvalue weighted by Crippen LogP contribution is 2.36. The number of aryl methyl sites for hydroxylation is 1. The fourth-order valence-corrected chi connectivity index (χ4v) is 4.50. The molecule has 2 bridgehead atoms. The maximum Gasteiger partial charge on any atom is 0.408 e. The normalized spacial score (nSPS) is 26.2. The van der Waals surface area contributed by atoms with Gasteiger partial charge in [-0.2, -0.15) is 23.1 Å². The first kappa shape index (κ1) is 19.3. The number of alkyl halides is 3. The fraction of sp³-hybridized carbons (Fsp3) is 0.667. The lowest BCUT2D eigenvalue weighted by atomic mass is 10.1. The summed E-state index contributed by atoms with van der Waals surface area (Å²) in [6, 6.07) is -0.391. The third kappa shape index (κ3) is 3.42. The van der Waals surface area contributed by atoms with Crippen LogP contribution in [0.15, 0.2) is 15.4 Å². The Morgan fingerprint density at radius 2 is 1.90 bits per heavy atom. The van der Waals surface area contributed by atoms with Crippen molar-refractivity contribution >= 4 is 11.8 Å². The quantitative estimate of drug-likeness (QED) is 0.732. The molecule has 0 N–H and O–H groups in total. The van der Waals surface area contributed by atoms with E-state index in [1.165, 1.54) is 10.6 Å². The van der Waals surface area contributed by atoms with E-state index in [0.29, 0.717) is 18.9 Å². The fourth-order valence-electron chi connectivity index (χ4n) is 4.50. The molecule has 30 heavy (non-hydrogen) atoms. The lowest BCUT2D eigenvalue weighted by molar-refractivity contribution is -0.153.